The van der Waals surface area contributed by atoms with E-state index in [1.165, 1.54) is 0 Å². The molecule has 0 radical (unpaired) electrons. The Labute approximate surface area is 174 Å². The van der Waals surface area contributed by atoms with Crippen LogP contribution in [-0.4, -0.2) is 11.7 Å². The summed E-state index contributed by atoms with van der Waals surface area (Å²) in [5.74, 6) is -0.608. The monoisotopic (exact) mass is 453 g/mol. The largest absolute Gasteiger partial charge is 0.450 e. The quantitative estimate of drug-likeness (QED) is 0.366. The van der Waals surface area contributed by atoms with Gasteiger partial charge in [0.2, 0.25) is 5.78 Å². The SMILES string of the molecule is O=C(Nc1c(C(=O)c2ccc(Cl)cc2)oc2ccccc12)c1ccccc1Br. The average molecular weight is 455 g/mol. The number of hydrogen-bond donors (Lipinski definition) is 1. The maximum absolute atomic E-state index is 13.0. The lowest BCUT2D eigenvalue weighted by Gasteiger charge is -2.07. The van der Waals surface area contributed by atoms with Gasteiger partial charge in [0, 0.05) is 20.4 Å². The number of ketones is 1. The molecule has 1 aromatic heterocycles. The minimum atomic E-state index is -0.343. The average Bonchev–Trinajstić information content (AvgIpc) is 3.07. The minimum Gasteiger partial charge on any atom is -0.450 e. The van der Waals surface area contributed by atoms with Crippen LogP contribution in [-0.2, 0) is 0 Å². The van der Waals surface area contributed by atoms with Crippen molar-refractivity contribution in [3.05, 3.63) is 99.2 Å². The molecule has 1 heterocycles. The van der Waals surface area contributed by atoms with Gasteiger partial charge in [-0.15, -0.1) is 0 Å². The van der Waals surface area contributed by atoms with E-state index in [4.69, 9.17) is 16.0 Å². The van der Waals surface area contributed by atoms with E-state index < -0.39 is 0 Å². The molecule has 3 aromatic carbocycles. The van der Waals surface area contributed by atoms with E-state index in [1.807, 2.05) is 18.2 Å². The molecule has 0 spiro atoms. The summed E-state index contributed by atoms with van der Waals surface area (Å²) < 4.78 is 6.46. The third-order valence-corrected chi connectivity index (χ3v) is 5.21. The molecule has 0 saturated carbocycles. The molecule has 28 heavy (non-hydrogen) atoms. The van der Waals surface area contributed by atoms with Crippen molar-refractivity contribution in [2.45, 2.75) is 0 Å². The van der Waals surface area contributed by atoms with Crippen molar-refractivity contribution in [3.63, 3.8) is 0 Å². The van der Waals surface area contributed by atoms with Crippen molar-refractivity contribution in [3.8, 4) is 0 Å². The van der Waals surface area contributed by atoms with Crippen molar-refractivity contribution in [2.75, 3.05) is 5.32 Å². The molecule has 4 nitrogen and oxygen atoms in total. The van der Waals surface area contributed by atoms with Crippen LogP contribution in [0.3, 0.4) is 0 Å². The van der Waals surface area contributed by atoms with Crippen molar-refractivity contribution in [1.29, 1.82) is 0 Å². The summed E-state index contributed by atoms with van der Waals surface area (Å²) in [6.45, 7) is 0. The molecule has 0 aliphatic rings. The predicted octanol–water partition coefficient (Wildman–Crippen LogP) is 6.33. The lowest BCUT2D eigenvalue weighted by Crippen LogP contribution is -2.14. The summed E-state index contributed by atoms with van der Waals surface area (Å²) in [6, 6.07) is 20.8. The second-order valence-corrected chi connectivity index (χ2v) is 7.36. The number of benzene rings is 3. The van der Waals surface area contributed by atoms with Crippen LogP contribution in [0.4, 0.5) is 5.69 Å². The first-order valence-electron chi connectivity index (χ1n) is 8.42. The number of amides is 1. The van der Waals surface area contributed by atoms with Gasteiger partial charge in [0.1, 0.15) is 5.58 Å². The van der Waals surface area contributed by atoms with Crippen LogP contribution in [0.25, 0.3) is 11.0 Å². The van der Waals surface area contributed by atoms with Gasteiger partial charge in [0.15, 0.2) is 5.76 Å². The number of furan rings is 1. The number of nitrogens with one attached hydrogen (secondary N) is 1. The molecule has 0 aliphatic carbocycles. The van der Waals surface area contributed by atoms with Crippen molar-refractivity contribution >= 4 is 55.9 Å². The van der Waals surface area contributed by atoms with E-state index in [9.17, 15) is 9.59 Å². The van der Waals surface area contributed by atoms with E-state index >= 15 is 0 Å². The summed E-state index contributed by atoms with van der Waals surface area (Å²) in [6.07, 6.45) is 0. The van der Waals surface area contributed by atoms with Gasteiger partial charge in [0.05, 0.1) is 11.3 Å². The number of para-hydroxylation sites is 1. The lowest BCUT2D eigenvalue weighted by atomic mass is 10.1. The fourth-order valence-corrected chi connectivity index (χ4v) is 3.48. The molecular weight excluding hydrogens is 442 g/mol. The summed E-state index contributed by atoms with van der Waals surface area (Å²) in [5, 5.41) is 4.03. The molecule has 4 aromatic rings. The number of halogens is 2. The summed E-state index contributed by atoms with van der Waals surface area (Å²) in [5.41, 5.74) is 1.73. The molecule has 6 heteroatoms. The fourth-order valence-electron chi connectivity index (χ4n) is 2.89. The van der Waals surface area contributed by atoms with Gasteiger partial charge < -0.3 is 9.73 Å². The number of carbonyl (C=O) groups is 2. The van der Waals surface area contributed by atoms with Crippen LogP contribution in [0.5, 0.6) is 0 Å². The van der Waals surface area contributed by atoms with Crippen LogP contribution in [0.15, 0.2) is 81.7 Å². The first-order chi connectivity index (χ1) is 13.5. The van der Waals surface area contributed by atoms with E-state index in [0.717, 1.165) is 0 Å². The van der Waals surface area contributed by atoms with E-state index in [0.29, 0.717) is 37.3 Å². The molecule has 0 atom stereocenters. The highest BCUT2D eigenvalue weighted by Crippen LogP contribution is 2.33. The lowest BCUT2D eigenvalue weighted by molar-refractivity contribution is 0.101. The molecule has 4 rings (SSSR count). The van der Waals surface area contributed by atoms with Crippen LogP contribution in [0.1, 0.15) is 26.5 Å². The zero-order chi connectivity index (χ0) is 19.7. The highest BCUT2D eigenvalue weighted by molar-refractivity contribution is 9.10. The summed E-state index contributed by atoms with van der Waals surface area (Å²) in [4.78, 5) is 25.9. The van der Waals surface area contributed by atoms with E-state index in [1.54, 1.807) is 54.6 Å². The number of hydrogen-bond acceptors (Lipinski definition) is 3. The Kier molecular flexibility index (Phi) is 5.03. The first kappa shape index (κ1) is 18.5. The van der Waals surface area contributed by atoms with E-state index in [-0.39, 0.29) is 17.5 Å². The number of carbonyl (C=O) groups excluding carboxylic acids is 2. The highest BCUT2D eigenvalue weighted by Gasteiger charge is 2.24. The van der Waals surface area contributed by atoms with Crippen LogP contribution < -0.4 is 5.32 Å². The van der Waals surface area contributed by atoms with Gasteiger partial charge in [-0.1, -0.05) is 35.9 Å². The Morgan fingerprint density at radius 3 is 2.32 bits per heavy atom. The normalized spacial score (nSPS) is 10.8. The van der Waals surface area contributed by atoms with Gasteiger partial charge in [-0.2, -0.15) is 0 Å². The Balaban J connectivity index is 1.79. The van der Waals surface area contributed by atoms with Crippen LogP contribution in [0, 0.1) is 0 Å². The second-order valence-electron chi connectivity index (χ2n) is 6.07. The number of rotatable bonds is 4. The molecule has 0 aliphatic heterocycles. The Morgan fingerprint density at radius 1 is 0.893 bits per heavy atom. The maximum Gasteiger partial charge on any atom is 0.256 e. The first-order valence-corrected chi connectivity index (χ1v) is 9.59. The maximum atomic E-state index is 13.0. The van der Waals surface area contributed by atoms with Gasteiger partial charge >= 0.3 is 0 Å². The topological polar surface area (TPSA) is 59.3 Å². The molecule has 0 unspecified atom stereocenters. The standard InChI is InChI=1S/C22H13BrClNO3/c23-17-7-3-1-5-15(17)22(27)25-19-16-6-2-4-8-18(16)28-21(19)20(26)13-9-11-14(24)12-10-13/h1-12H,(H,25,27). The molecular formula is C22H13BrClNO3. The molecule has 0 saturated heterocycles. The van der Waals surface area contributed by atoms with Crippen LogP contribution in [0.2, 0.25) is 5.02 Å². The zero-order valence-corrected chi connectivity index (χ0v) is 16.8. The Bertz CT molecular complexity index is 1200. The van der Waals surface area contributed by atoms with E-state index in [2.05, 4.69) is 21.2 Å². The molecule has 0 fully saturated rings. The smallest absolute Gasteiger partial charge is 0.256 e. The third kappa shape index (κ3) is 3.46. The molecule has 1 amide bonds. The van der Waals surface area contributed by atoms with Crippen molar-refractivity contribution in [1.82, 2.24) is 0 Å². The Morgan fingerprint density at radius 2 is 1.57 bits per heavy atom. The highest BCUT2D eigenvalue weighted by atomic mass is 79.9. The van der Waals surface area contributed by atoms with Crippen LogP contribution >= 0.6 is 27.5 Å². The number of anilines is 1. The molecule has 1 N–H and O–H groups in total. The van der Waals surface area contributed by atoms with Gasteiger partial charge in [-0.05, 0) is 64.5 Å². The molecule has 0 bridgehead atoms. The zero-order valence-electron chi connectivity index (χ0n) is 14.4. The minimum absolute atomic E-state index is 0.0731. The van der Waals surface area contributed by atoms with Crippen molar-refractivity contribution < 1.29 is 14.0 Å². The Hall–Kier alpha value is -2.89. The summed E-state index contributed by atoms with van der Waals surface area (Å²) in [7, 11) is 0. The second kappa shape index (κ2) is 7.62. The molecule has 138 valence electrons. The fraction of sp³-hybridized carbons (Fsp3) is 0. The van der Waals surface area contributed by atoms with Crippen molar-refractivity contribution in [2.24, 2.45) is 0 Å². The van der Waals surface area contributed by atoms with Gasteiger partial charge in [-0.25, -0.2) is 0 Å². The third-order valence-electron chi connectivity index (χ3n) is 4.27. The van der Waals surface area contributed by atoms with Gasteiger partial charge in [-0.3, -0.25) is 9.59 Å². The number of fused-ring (bicyclic) bond motifs is 1. The summed E-state index contributed by atoms with van der Waals surface area (Å²) >= 11 is 9.29. The predicted molar refractivity (Wildman–Crippen MR) is 113 cm³/mol. The van der Waals surface area contributed by atoms with Gasteiger partial charge in [0.25, 0.3) is 5.91 Å².